The van der Waals surface area contributed by atoms with Crippen molar-refractivity contribution in [2.75, 3.05) is 25.6 Å². The highest BCUT2D eigenvalue weighted by Crippen LogP contribution is 2.44. The number of amides is 1. The molecule has 1 fully saturated rings. The Kier molecular flexibility index (Phi) is 10.8. The van der Waals surface area contributed by atoms with Crippen molar-refractivity contribution in [1.82, 2.24) is 19.9 Å². The lowest BCUT2D eigenvalue weighted by molar-refractivity contribution is -0.159. The summed E-state index contributed by atoms with van der Waals surface area (Å²) >= 11 is 6.53. The number of methoxy groups -OCH3 is 1. The van der Waals surface area contributed by atoms with E-state index in [1.165, 1.54) is 7.11 Å². The van der Waals surface area contributed by atoms with E-state index in [-0.39, 0.29) is 65.2 Å². The van der Waals surface area contributed by atoms with Gasteiger partial charge in [0.05, 0.1) is 31.9 Å². The fourth-order valence-corrected chi connectivity index (χ4v) is 7.80. The summed E-state index contributed by atoms with van der Waals surface area (Å²) in [6, 6.07) is 13.5. The zero-order chi connectivity index (χ0) is 37.4. The van der Waals surface area contributed by atoms with E-state index in [0.29, 0.717) is 24.5 Å². The van der Waals surface area contributed by atoms with E-state index in [1.807, 2.05) is 55.8 Å². The number of benzene rings is 3. The summed E-state index contributed by atoms with van der Waals surface area (Å²) in [6.45, 7) is 5.32. The maximum atomic E-state index is 15.6. The topological polar surface area (TPSA) is 127 Å². The Bertz CT molecular complexity index is 2050. The van der Waals surface area contributed by atoms with Crippen LogP contribution in [0.2, 0.25) is 5.02 Å². The van der Waals surface area contributed by atoms with Crippen molar-refractivity contribution < 1.29 is 33.4 Å². The van der Waals surface area contributed by atoms with Gasteiger partial charge in [-0.15, -0.1) is 5.48 Å². The van der Waals surface area contributed by atoms with Crippen LogP contribution < -0.4 is 20.3 Å². The lowest BCUT2D eigenvalue weighted by atomic mass is 9.86. The van der Waals surface area contributed by atoms with Gasteiger partial charge < -0.3 is 29.3 Å². The normalized spacial score (nSPS) is 17.5. The number of aliphatic hydroxyl groups is 1. The summed E-state index contributed by atoms with van der Waals surface area (Å²) in [7, 11) is 3.31. The first-order chi connectivity index (χ1) is 25.6. The Labute approximate surface area is 313 Å². The second kappa shape index (κ2) is 15.5. The summed E-state index contributed by atoms with van der Waals surface area (Å²) < 4.78 is 29.4. The number of aromatic nitrogens is 2. The minimum absolute atomic E-state index is 0.0222. The van der Waals surface area contributed by atoms with Crippen LogP contribution in [0.1, 0.15) is 83.0 Å². The second-order valence-corrected chi connectivity index (χ2v) is 14.5. The Morgan fingerprint density at radius 1 is 1.11 bits per heavy atom. The van der Waals surface area contributed by atoms with E-state index in [1.54, 1.807) is 6.07 Å². The van der Waals surface area contributed by atoms with E-state index in [4.69, 9.17) is 30.9 Å². The first-order valence-corrected chi connectivity index (χ1v) is 18.5. The fourth-order valence-electron chi connectivity index (χ4n) is 7.59. The summed E-state index contributed by atoms with van der Waals surface area (Å²) in [6.07, 6.45) is 4.35. The molecule has 11 nitrogen and oxygen atoms in total. The van der Waals surface area contributed by atoms with Crippen LogP contribution in [0.25, 0.3) is 11.1 Å². The van der Waals surface area contributed by atoms with Gasteiger partial charge in [-0.05, 0) is 73.4 Å². The van der Waals surface area contributed by atoms with Crippen LogP contribution in [0, 0.1) is 18.7 Å². The first-order valence-electron chi connectivity index (χ1n) is 18.2. The largest absolute Gasteiger partial charge is 0.496 e. The zero-order valence-electron chi connectivity index (χ0n) is 30.4. The van der Waals surface area contributed by atoms with E-state index in [2.05, 4.69) is 21.8 Å². The number of rotatable bonds is 12. The molecule has 0 saturated heterocycles. The van der Waals surface area contributed by atoms with Crippen LogP contribution in [0.5, 0.6) is 11.5 Å². The Hall–Kier alpha value is -4.49. The number of hydroxylamine groups is 1. The summed E-state index contributed by atoms with van der Waals surface area (Å²) in [5, 5.41) is 12.6. The Balaban J connectivity index is 1.08. The highest BCUT2D eigenvalue weighted by Gasteiger charge is 2.31. The van der Waals surface area contributed by atoms with E-state index < -0.39 is 5.82 Å². The Morgan fingerprint density at radius 3 is 2.62 bits per heavy atom. The van der Waals surface area contributed by atoms with Crippen molar-refractivity contribution in [3.05, 3.63) is 92.8 Å². The van der Waals surface area contributed by atoms with Gasteiger partial charge >= 0.3 is 5.97 Å². The number of nitrogens with zero attached hydrogens (tertiary/aromatic N) is 3. The number of anilines is 1. The molecule has 7 rings (SSSR count). The van der Waals surface area contributed by atoms with Crippen LogP contribution in [-0.4, -0.2) is 57.7 Å². The van der Waals surface area contributed by atoms with Gasteiger partial charge in [0.1, 0.15) is 22.6 Å². The van der Waals surface area contributed by atoms with Crippen LogP contribution in [-0.2, 0) is 42.6 Å². The molecule has 53 heavy (non-hydrogen) atoms. The summed E-state index contributed by atoms with van der Waals surface area (Å²) in [5.41, 5.74) is 10.3. The van der Waals surface area contributed by atoms with Gasteiger partial charge in [-0.2, -0.15) is 0 Å². The minimum Gasteiger partial charge on any atom is -0.496 e. The summed E-state index contributed by atoms with van der Waals surface area (Å²) in [4.78, 5) is 37.8. The third-order valence-electron chi connectivity index (χ3n) is 11.0. The number of hydrogen-bond acceptors (Lipinski definition) is 9. The smallest absolute Gasteiger partial charge is 0.327 e. The van der Waals surface area contributed by atoms with Crippen LogP contribution in [0.4, 0.5) is 10.1 Å². The SMILES string of the molecule is COc1cc(OC2CCc3c(-c4cccc(NC(=O)c5nc6c(n5C)CCN(C(C)CO)C6)c4C)cccc32)c(Cl)c(F)c1CNOC(=O)C1CCC1. The van der Waals surface area contributed by atoms with Gasteiger partial charge in [0, 0.05) is 55.6 Å². The number of nitrogens with one attached hydrogen (secondary N) is 2. The van der Waals surface area contributed by atoms with Gasteiger partial charge in [-0.3, -0.25) is 14.5 Å². The lowest BCUT2D eigenvalue weighted by Gasteiger charge is -2.30. The predicted molar refractivity (Wildman–Crippen MR) is 198 cm³/mol. The monoisotopic (exact) mass is 745 g/mol. The number of carbonyl (C=O) groups is 2. The van der Waals surface area contributed by atoms with Gasteiger partial charge in [-0.1, -0.05) is 48.4 Å². The molecule has 1 aromatic heterocycles. The quantitative estimate of drug-likeness (QED) is 0.138. The Morgan fingerprint density at radius 2 is 1.89 bits per heavy atom. The lowest BCUT2D eigenvalue weighted by Crippen LogP contribution is -2.39. The van der Waals surface area contributed by atoms with E-state index in [0.717, 1.165) is 77.9 Å². The number of fused-ring (bicyclic) bond motifs is 2. The molecule has 1 amide bonds. The van der Waals surface area contributed by atoms with Gasteiger partial charge in [0.15, 0.2) is 11.6 Å². The number of carbonyl (C=O) groups excluding carboxylic acids is 2. The highest BCUT2D eigenvalue weighted by molar-refractivity contribution is 6.32. The number of imidazole rings is 1. The molecule has 0 bridgehead atoms. The molecule has 2 atom stereocenters. The molecule has 0 spiro atoms. The van der Waals surface area contributed by atoms with Crippen LogP contribution in [0.3, 0.4) is 0 Å². The van der Waals surface area contributed by atoms with Crippen molar-refractivity contribution >= 4 is 29.2 Å². The van der Waals surface area contributed by atoms with Crippen molar-refractivity contribution in [2.45, 2.75) is 77.6 Å². The molecule has 1 saturated carbocycles. The first kappa shape index (κ1) is 36.9. The molecule has 4 aromatic rings. The molecule has 2 aliphatic carbocycles. The fraction of sp³-hybridized carbons (Fsp3) is 0.425. The van der Waals surface area contributed by atoms with Crippen molar-refractivity contribution in [2.24, 2.45) is 13.0 Å². The molecular formula is C40H45ClFN5O6. The molecule has 3 aliphatic rings. The maximum Gasteiger partial charge on any atom is 0.327 e. The maximum absolute atomic E-state index is 15.6. The predicted octanol–water partition coefficient (Wildman–Crippen LogP) is 6.60. The third-order valence-corrected chi connectivity index (χ3v) is 11.4. The molecule has 280 valence electrons. The van der Waals surface area contributed by atoms with Gasteiger partial charge in [-0.25, -0.2) is 9.37 Å². The molecular weight excluding hydrogens is 701 g/mol. The highest BCUT2D eigenvalue weighted by atomic mass is 35.5. The van der Waals surface area contributed by atoms with E-state index in [9.17, 15) is 14.7 Å². The molecule has 13 heteroatoms. The van der Waals surface area contributed by atoms with Gasteiger partial charge in [0.2, 0.25) is 0 Å². The van der Waals surface area contributed by atoms with Gasteiger partial charge in [0.25, 0.3) is 5.91 Å². The average molecular weight is 746 g/mol. The second-order valence-electron chi connectivity index (χ2n) is 14.1. The molecule has 3 N–H and O–H groups in total. The zero-order valence-corrected chi connectivity index (χ0v) is 31.2. The molecule has 2 unspecified atom stereocenters. The number of aliphatic hydroxyl groups excluding tert-OH is 1. The third kappa shape index (κ3) is 7.13. The number of hydrogen-bond donors (Lipinski definition) is 3. The molecule has 1 aliphatic heterocycles. The molecule has 2 heterocycles. The summed E-state index contributed by atoms with van der Waals surface area (Å²) in [5.74, 6) is -0.730. The van der Waals surface area contributed by atoms with Crippen molar-refractivity contribution in [3.8, 4) is 22.6 Å². The van der Waals surface area contributed by atoms with Crippen molar-refractivity contribution in [1.29, 1.82) is 0 Å². The molecule has 0 radical (unpaired) electrons. The van der Waals surface area contributed by atoms with E-state index >= 15 is 4.39 Å². The minimum atomic E-state index is -0.710. The number of halogens is 2. The molecule has 3 aromatic carbocycles. The van der Waals surface area contributed by atoms with Crippen molar-refractivity contribution in [3.63, 3.8) is 0 Å². The van der Waals surface area contributed by atoms with Crippen LogP contribution >= 0.6 is 11.6 Å². The van der Waals surface area contributed by atoms with Crippen LogP contribution in [0.15, 0.2) is 42.5 Å². The standard InChI is InChI=1S/C40H45ClFN5O6/c1-22(21-48)47-17-16-32-31(20-47)44-38(46(32)3)39(49)45-30-13-7-10-25(23(30)2)26-11-6-12-28-27(26)14-15-33(28)52-35-18-34(51-4)29(37(42)36(35)41)19-43-53-40(50)24-8-5-9-24/h6-7,10-13,18,22,24,33,43,48H,5,8-9,14-17,19-21H2,1-4H3,(H,45,49). The number of ether oxygens (including phenoxy) is 2. The average Bonchev–Trinajstić information content (AvgIpc) is 3.70.